The highest BCUT2D eigenvalue weighted by Gasteiger charge is 2.38. The predicted molar refractivity (Wildman–Crippen MR) is 113 cm³/mol. The molecular weight excluding hydrogens is 382 g/mol. The number of piperidine rings is 1. The Morgan fingerprint density at radius 2 is 2.03 bits per heavy atom. The molecule has 0 aliphatic carbocycles. The molecule has 0 saturated carbocycles. The first kappa shape index (κ1) is 21.1. The van der Waals surface area contributed by atoms with Gasteiger partial charge in [-0.15, -0.1) is 0 Å². The van der Waals surface area contributed by atoms with Crippen molar-refractivity contribution in [1.29, 1.82) is 0 Å². The van der Waals surface area contributed by atoms with Gasteiger partial charge in [-0.2, -0.15) is 0 Å². The van der Waals surface area contributed by atoms with E-state index < -0.39 is 5.97 Å². The van der Waals surface area contributed by atoms with Crippen molar-refractivity contribution >= 4 is 11.9 Å². The fraction of sp³-hybridized carbons (Fsp3) is 0.652. The summed E-state index contributed by atoms with van der Waals surface area (Å²) in [6, 6.07) is 6.08. The van der Waals surface area contributed by atoms with Crippen LogP contribution in [0.2, 0.25) is 0 Å². The average Bonchev–Trinajstić information content (AvgIpc) is 3.08. The van der Waals surface area contributed by atoms with E-state index in [1.54, 1.807) is 0 Å². The summed E-state index contributed by atoms with van der Waals surface area (Å²) in [6.45, 7) is 5.70. The van der Waals surface area contributed by atoms with Crippen LogP contribution < -0.4 is 10.1 Å². The predicted octanol–water partition coefficient (Wildman–Crippen LogP) is 1.89. The van der Waals surface area contributed by atoms with E-state index in [2.05, 4.69) is 15.1 Å². The van der Waals surface area contributed by atoms with Crippen LogP contribution in [0.5, 0.6) is 5.75 Å². The van der Waals surface area contributed by atoms with Crippen molar-refractivity contribution in [2.24, 2.45) is 5.92 Å². The van der Waals surface area contributed by atoms with Crippen LogP contribution >= 0.6 is 0 Å². The summed E-state index contributed by atoms with van der Waals surface area (Å²) < 4.78 is 6.10. The summed E-state index contributed by atoms with van der Waals surface area (Å²) in [5, 5.41) is 12.3. The number of hydrogen-bond acceptors (Lipinski definition) is 5. The molecule has 2 saturated heterocycles. The number of carboxylic acid groups (broad SMARTS) is 1. The third-order valence-electron chi connectivity index (χ3n) is 6.66. The van der Waals surface area contributed by atoms with Crippen molar-refractivity contribution in [2.75, 3.05) is 39.3 Å². The monoisotopic (exact) mass is 415 g/mol. The Balaban J connectivity index is 1.61. The van der Waals surface area contributed by atoms with E-state index in [9.17, 15) is 14.7 Å². The lowest BCUT2D eigenvalue weighted by Crippen LogP contribution is -2.49. The molecule has 3 unspecified atom stereocenters. The van der Waals surface area contributed by atoms with E-state index in [-0.39, 0.29) is 12.3 Å². The Morgan fingerprint density at radius 3 is 2.90 bits per heavy atom. The summed E-state index contributed by atoms with van der Waals surface area (Å²) in [7, 11) is 0. The number of benzene rings is 1. The largest absolute Gasteiger partial charge is 0.493 e. The topological polar surface area (TPSA) is 82.1 Å². The standard InChI is InChI=1S/C23H33N3O4/c27-22-16-26(20-7-10-25-9-6-18(20)14-25)15-19-12-17(13-23(28)29)4-5-21(19)30-11-3-1-2-8-24-22/h4-5,12,18,20H,1-3,6-11,13-16H2,(H,24,27)(H,28,29). The fourth-order valence-electron chi connectivity index (χ4n) is 5.16. The molecular formula is C23H33N3O4. The van der Waals surface area contributed by atoms with Gasteiger partial charge in [0.15, 0.2) is 0 Å². The molecule has 30 heavy (non-hydrogen) atoms. The lowest BCUT2D eigenvalue weighted by molar-refractivity contribution is -0.136. The molecule has 2 fully saturated rings. The van der Waals surface area contributed by atoms with Crippen molar-refractivity contribution in [3.63, 3.8) is 0 Å². The van der Waals surface area contributed by atoms with Gasteiger partial charge in [-0.1, -0.05) is 12.1 Å². The van der Waals surface area contributed by atoms with Gasteiger partial charge in [0.2, 0.25) is 5.91 Å². The van der Waals surface area contributed by atoms with Gasteiger partial charge in [-0.25, -0.2) is 0 Å². The molecule has 1 amide bonds. The minimum absolute atomic E-state index is 0.00518. The van der Waals surface area contributed by atoms with Crippen LogP contribution in [0.1, 0.15) is 43.2 Å². The summed E-state index contributed by atoms with van der Waals surface area (Å²) in [5.41, 5.74) is 1.76. The fourth-order valence-corrected chi connectivity index (χ4v) is 5.16. The van der Waals surface area contributed by atoms with Crippen molar-refractivity contribution in [3.8, 4) is 5.75 Å². The molecule has 1 aromatic carbocycles. The van der Waals surface area contributed by atoms with Crippen LogP contribution in [-0.4, -0.2) is 72.2 Å². The molecule has 3 aliphatic heterocycles. The maximum atomic E-state index is 12.7. The van der Waals surface area contributed by atoms with Gasteiger partial charge in [-0.05, 0) is 62.7 Å². The molecule has 3 aliphatic rings. The zero-order valence-corrected chi connectivity index (χ0v) is 17.6. The summed E-state index contributed by atoms with van der Waals surface area (Å²) >= 11 is 0. The van der Waals surface area contributed by atoms with Crippen LogP contribution in [0.15, 0.2) is 18.2 Å². The quantitative estimate of drug-likeness (QED) is 0.785. The van der Waals surface area contributed by atoms with Crippen molar-refractivity contribution in [3.05, 3.63) is 29.3 Å². The van der Waals surface area contributed by atoms with Gasteiger partial charge in [0, 0.05) is 31.2 Å². The third-order valence-corrected chi connectivity index (χ3v) is 6.66. The Hall–Kier alpha value is -2.12. The summed E-state index contributed by atoms with van der Waals surface area (Å²) in [4.78, 5) is 28.8. The number of carboxylic acids is 1. The van der Waals surface area contributed by atoms with Gasteiger partial charge in [0.05, 0.1) is 19.6 Å². The normalized spacial score (nSPS) is 28.3. The SMILES string of the molecule is O=C(O)Cc1ccc2c(c1)CN(C1CCN3CCC1C3)CC(=O)NCCCCCO2. The molecule has 164 valence electrons. The van der Waals surface area contributed by atoms with E-state index in [0.717, 1.165) is 62.2 Å². The van der Waals surface area contributed by atoms with E-state index in [1.807, 2.05) is 18.2 Å². The van der Waals surface area contributed by atoms with Gasteiger partial charge in [-0.3, -0.25) is 14.5 Å². The molecule has 7 nitrogen and oxygen atoms in total. The number of hydrogen-bond donors (Lipinski definition) is 2. The van der Waals surface area contributed by atoms with Gasteiger partial charge < -0.3 is 20.1 Å². The van der Waals surface area contributed by atoms with Crippen LogP contribution in [-0.2, 0) is 22.6 Å². The Labute approximate surface area is 178 Å². The molecule has 3 heterocycles. The highest BCUT2D eigenvalue weighted by molar-refractivity contribution is 5.78. The van der Waals surface area contributed by atoms with Gasteiger partial charge >= 0.3 is 5.97 Å². The number of amides is 1. The Kier molecular flexibility index (Phi) is 6.89. The molecule has 4 rings (SSSR count). The lowest BCUT2D eigenvalue weighted by Gasteiger charge is -2.39. The number of carbonyl (C=O) groups is 2. The summed E-state index contributed by atoms with van der Waals surface area (Å²) in [6.07, 6.45) is 5.16. The smallest absolute Gasteiger partial charge is 0.307 e. The molecule has 2 N–H and O–H groups in total. The van der Waals surface area contributed by atoms with Crippen LogP contribution in [0.4, 0.5) is 0 Å². The second-order valence-electron chi connectivity index (χ2n) is 8.88. The molecule has 0 radical (unpaired) electrons. The summed E-state index contributed by atoms with van der Waals surface area (Å²) in [5.74, 6) is 0.653. The first-order chi connectivity index (χ1) is 14.6. The molecule has 3 atom stereocenters. The maximum Gasteiger partial charge on any atom is 0.307 e. The number of fused-ring (bicyclic) bond motifs is 3. The highest BCUT2D eigenvalue weighted by Crippen LogP contribution is 2.33. The minimum Gasteiger partial charge on any atom is -0.493 e. The maximum absolute atomic E-state index is 12.7. The number of rotatable bonds is 3. The highest BCUT2D eigenvalue weighted by atomic mass is 16.5. The molecule has 2 bridgehead atoms. The molecule has 1 aromatic rings. The van der Waals surface area contributed by atoms with E-state index >= 15 is 0 Å². The van der Waals surface area contributed by atoms with Crippen molar-refractivity contribution < 1.29 is 19.4 Å². The number of ether oxygens (including phenoxy) is 1. The van der Waals surface area contributed by atoms with Crippen LogP contribution in [0.3, 0.4) is 0 Å². The number of nitrogens with one attached hydrogen (secondary N) is 1. The van der Waals surface area contributed by atoms with Crippen molar-refractivity contribution in [2.45, 2.75) is 51.1 Å². The average molecular weight is 416 g/mol. The minimum atomic E-state index is -0.838. The van der Waals surface area contributed by atoms with Gasteiger partial charge in [0.1, 0.15) is 5.75 Å². The van der Waals surface area contributed by atoms with Crippen molar-refractivity contribution in [1.82, 2.24) is 15.1 Å². The van der Waals surface area contributed by atoms with E-state index in [0.29, 0.717) is 38.2 Å². The third kappa shape index (κ3) is 5.32. The number of carbonyl (C=O) groups excluding carboxylic acids is 1. The molecule has 0 aromatic heterocycles. The molecule has 0 spiro atoms. The van der Waals surface area contributed by atoms with E-state index in [1.165, 1.54) is 6.42 Å². The lowest BCUT2D eigenvalue weighted by atomic mass is 9.92. The second-order valence-corrected chi connectivity index (χ2v) is 8.88. The van der Waals surface area contributed by atoms with E-state index in [4.69, 9.17) is 4.74 Å². The number of aliphatic carboxylic acids is 1. The van der Waals surface area contributed by atoms with Crippen LogP contribution in [0.25, 0.3) is 0 Å². The van der Waals surface area contributed by atoms with Gasteiger partial charge in [0.25, 0.3) is 0 Å². The molecule has 7 heteroatoms. The Morgan fingerprint density at radius 1 is 1.17 bits per heavy atom. The second kappa shape index (κ2) is 9.79. The van der Waals surface area contributed by atoms with Crippen LogP contribution in [0, 0.1) is 5.92 Å². The number of nitrogens with zero attached hydrogens (tertiary/aromatic N) is 2. The first-order valence-corrected chi connectivity index (χ1v) is 11.3. The zero-order valence-electron chi connectivity index (χ0n) is 17.6. The Bertz CT molecular complexity index is 769. The zero-order chi connectivity index (χ0) is 20.9. The first-order valence-electron chi connectivity index (χ1n) is 11.3.